The minimum atomic E-state index is 0.0933. The lowest BCUT2D eigenvalue weighted by Gasteiger charge is -2.34. The molecule has 3 aromatic heterocycles. The summed E-state index contributed by atoms with van der Waals surface area (Å²) in [5.74, 6) is 0.218. The zero-order valence-corrected chi connectivity index (χ0v) is 20.7. The molecule has 1 aliphatic heterocycles. The number of aryl methyl sites for hydroxylation is 2. The topological polar surface area (TPSA) is 63.9 Å². The number of carbonyl (C=O) groups excluding carboxylic acids is 1. The van der Waals surface area contributed by atoms with E-state index < -0.39 is 0 Å². The molecule has 172 valence electrons. The van der Waals surface area contributed by atoms with Crippen molar-refractivity contribution in [3.05, 3.63) is 52.3 Å². The quantitative estimate of drug-likeness (QED) is 0.370. The van der Waals surface area contributed by atoms with Gasteiger partial charge in [0.05, 0.1) is 22.5 Å². The third-order valence-electron chi connectivity index (χ3n) is 6.83. The van der Waals surface area contributed by atoms with Crippen molar-refractivity contribution in [2.45, 2.75) is 71.9 Å². The number of nitrogens with zero attached hydrogens (tertiary/aromatic N) is 5. The van der Waals surface area contributed by atoms with Crippen LogP contribution in [0, 0.1) is 13.8 Å². The van der Waals surface area contributed by atoms with Crippen molar-refractivity contribution in [3.63, 3.8) is 0 Å². The average Bonchev–Trinajstić information content (AvgIpc) is 3.43. The Labute approximate surface area is 198 Å². The summed E-state index contributed by atoms with van der Waals surface area (Å²) in [5.41, 5.74) is 5.33. The maximum Gasteiger partial charge on any atom is 0.223 e. The van der Waals surface area contributed by atoms with E-state index in [2.05, 4.69) is 55.9 Å². The molecule has 0 saturated carbocycles. The fourth-order valence-corrected chi connectivity index (χ4v) is 6.15. The number of fused-ring (bicyclic) bond motifs is 2. The molecule has 0 radical (unpaired) electrons. The van der Waals surface area contributed by atoms with Crippen LogP contribution in [0.1, 0.15) is 73.4 Å². The highest BCUT2D eigenvalue weighted by Gasteiger charge is 2.30. The van der Waals surface area contributed by atoms with Crippen molar-refractivity contribution in [1.82, 2.24) is 24.6 Å². The fraction of sp³-hybridized carbons (Fsp3) is 0.462. The number of thiazole rings is 1. The summed E-state index contributed by atoms with van der Waals surface area (Å²) in [5, 5.41) is 6.70. The van der Waals surface area contributed by atoms with Crippen molar-refractivity contribution in [2.24, 2.45) is 0 Å². The van der Waals surface area contributed by atoms with Crippen molar-refractivity contribution >= 4 is 38.5 Å². The molecule has 1 aromatic carbocycles. The molecule has 4 heterocycles. The average molecular weight is 462 g/mol. The van der Waals surface area contributed by atoms with Gasteiger partial charge in [0.1, 0.15) is 5.01 Å². The van der Waals surface area contributed by atoms with Crippen LogP contribution in [0.2, 0.25) is 0 Å². The predicted octanol–water partition coefficient (Wildman–Crippen LogP) is 5.93. The Morgan fingerprint density at radius 1 is 1.18 bits per heavy atom. The van der Waals surface area contributed by atoms with Gasteiger partial charge in [-0.25, -0.2) is 14.6 Å². The largest absolute Gasteiger partial charge is 0.333 e. The van der Waals surface area contributed by atoms with Gasteiger partial charge in [0.2, 0.25) is 5.91 Å². The standard InChI is InChI=1S/C26H31N5OS/c1-16(2)31-25-20(15-27-31)17(3)19(18(4)28-25)12-13-24(32)30-14-8-7-10-22(30)26-29-21-9-5-6-11-23(21)33-26/h5-6,9,11,15-16,22H,7-8,10,12-14H2,1-4H3/t22-/m0/s1. The van der Waals surface area contributed by atoms with Gasteiger partial charge in [0.25, 0.3) is 0 Å². The molecule has 0 aliphatic carbocycles. The van der Waals surface area contributed by atoms with Crippen LogP contribution in [0.4, 0.5) is 0 Å². The second kappa shape index (κ2) is 8.86. The van der Waals surface area contributed by atoms with Crippen molar-refractivity contribution in [2.75, 3.05) is 6.54 Å². The van der Waals surface area contributed by atoms with Gasteiger partial charge < -0.3 is 4.90 Å². The van der Waals surface area contributed by atoms with Crippen LogP contribution < -0.4 is 0 Å². The Morgan fingerprint density at radius 3 is 2.79 bits per heavy atom. The smallest absolute Gasteiger partial charge is 0.223 e. The summed E-state index contributed by atoms with van der Waals surface area (Å²) in [4.78, 5) is 25.2. The molecule has 1 atom stereocenters. The van der Waals surface area contributed by atoms with Gasteiger partial charge in [-0.3, -0.25) is 4.79 Å². The maximum absolute atomic E-state index is 13.4. The van der Waals surface area contributed by atoms with Gasteiger partial charge >= 0.3 is 0 Å². The molecule has 1 aliphatic rings. The molecule has 0 N–H and O–H groups in total. The first-order chi connectivity index (χ1) is 15.9. The van der Waals surface area contributed by atoms with E-state index in [1.807, 2.05) is 16.9 Å². The predicted molar refractivity (Wildman–Crippen MR) is 134 cm³/mol. The van der Waals surface area contributed by atoms with Crippen molar-refractivity contribution in [3.8, 4) is 0 Å². The van der Waals surface area contributed by atoms with E-state index in [0.717, 1.165) is 53.1 Å². The lowest BCUT2D eigenvalue weighted by molar-refractivity contribution is -0.135. The van der Waals surface area contributed by atoms with Crippen LogP contribution in [0.3, 0.4) is 0 Å². The normalized spacial score (nSPS) is 16.9. The van der Waals surface area contributed by atoms with Gasteiger partial charge in [-0.1, -0.05) is 12.1 Å². The second-order valence-electron chi connectivity index (χ2n) is 9.34. The third-order valence-corrected chi connectivity index (χ3v) is 7.97. The zero-order chi connectivity index (χ0) is 23.1. The highest BCUT2D eigenvalue weighted by atomic mass is 32.1. The van der Waals surface area contributed by atoms with E-state index in [1.54, 1.807) is 11.3 Å². The molecule has 6 nitrogen and oxygen atoms in total. The lowest BCUT2D eigenvalue weighted by Crippen LogP contribution is -2.38. The Balaban J connectivity index is 1.37. The minimum Gasteiger partial charge on any atom is -0.333 e. The number of hydrogen-bond acceptors (Lipinski definition) is 5. The van der Waals surface area contributed by atoms with E-state index in [0.29, 0.717) is 12.8 Å². The number of para-hydroxylation sites is 1. The number of hydrogen-bond donors (Lipinski definition) is 0. The van der Waals surface area contributed by atoms with Crippen LogP contribution in [-0.2, 0) is 11.2 Å². The first kappa shape index (κ1) is 22.0. The highest BCUT2D eigenvalue weighted by Crippen LogP contribution is 2.36. The first-order valence-corrected chi connectivity index (χ1v) is 12.7. The van der Waals surface area contributed by atoms with E-state index in [1.165, 1.54) is 15.8 Å². The van der Waals surface area contributed by atoms with Gasteiger partial charge in [0, 0.05) is 30.1 Å². The number of aromatic nitrogens is 4. The molecular formula is C26H31N5OS. The molecular weight excluding hydrogens is 430 g/mol. The Kier molecular flexibility index (Phi) is 5.91. The van der Waals surface area contributed by atoms with Crippen LogP contribution >= 0.6 is 11.3 Å². The minimum absolute atomic E-state index is 0.0933. The number of likely N-dealkylation sites (tertiary alicyclic amines) is 1. The van der Waals surface area contributed by atoms with Gasteiger partial charge in [-0.05, 0) is 76.6 Å². The zero-order valence-electron chi connectivity index (χ0n) is 19.8. The summed E-state index contributed by atoms with van der Waals surface area (Å²) in [6, 6.07) is 8.60. The molecule has 1 saturated heterocycles. The van der Waals surface area contributed by atoms with Crippen LogP contribution in [0.15, 0.2) is 30.5 Å². The van der Waals surface area contributed by atoms with Gasteiger partial charge in [-0.15, -0.1) is 11.3 Å². The Hall–Kier alpha value is -2.80. The monoisotopic (exact) mass is 461 g/mol. The molecule has 5 rings (SSSR count). The van der Waals surface area contributed by atoms with Gasteiger partial charge in [0.15, 0.2) is 5.65 Å². The number of carbonyl (C=O) groups is 1. The van der Waals surface area contributed by atoms with E-state index in [-0.39, 0.29) is 18.0 Å². The molecule has 4 aromatic rings. The summed E-state index contributed by atoms with van der Waals surface area (Å²) in [6.45, 7) is 9.23. The number of benzene rings is 1. The third kappa shape index (κ3) is 4.03. The number of pyridine rings is 1. The van der Waals surface area contributed by atoms with Crippen molar-refractivity contribution in [1.29, 1.82) is 0 Å². The van der Waals surface area contributed by atoms with E-state index in [4.69, 9.17) is 9.97 Å². The van der Waals surface area contributed by atoms with Gasteiger partial charge in [-0.2, -0.15) is 5.10 Å². The Morgan fingerprint density at radius 2 is 2.00 bits per heavy atom. The molecule has 7 heteroatoms. The first-order valence-electron chi connectivity index (χ1n) is 11.9. The van der Waals surface area contributed by atoms with Crippen LogP contribution in [0.25, 0.3) is 21.3 Å². The molecule has 0 spiro atoms. The van der Waals surface area contributed by atoms with Crippen LogP contribution in [-0.4, -0.2) is 37.1 Å². The molecule has 0 unspecified atom stereocenters. The Bertz CT molecular complexity index is 1290. The summed E-state index contributed by atoms with van der Waals surface area (Å²) in [7, 11) is 0. The number of piperidine rings is 1. The SMILES string of the molecule is Cc1nc2c(cnn2C(C)C)c(C)c1CCC(=O)N1CCCC[C@H]1c1nc2ccccc2s1. The molecule has 1 fully saturated rings. The number of rotatable bonds is 5. The number of amides is 1. The second-order valence-corrected chi connectivity index (χ2v) is 10.4. The fourth-order valence-electron chi connectivity index (χ4n) is 5.03. The highest BCUT2D eigenvalue weighted by molar-refractivity contribution is 7.18. The van der Waals surface area contributed by atoms with Crippen molar-refractivity contribution < 1.29 is 4.79 Å². The summed E-state index contributed by atoms with van der Waals surface area (Å²) >= 11 is 1.73. The summed E-state index contributed by atoms with van der Waals surface area (Å²) in [6.07, 6.45) is 6.31. The maximum atomic E-state index is 13.4. The lowest BCUT2D eigenvalue weighted by atomic mass is 9.98. The molecule has 33 heavy (non-hydrogen) atoms. The van der Waals surface area contributed by atoms with E-state index >= 15 is 0 Å². The molecule has 0 bridgehead atoms. The molecule has 1 amide bonds. The van der Waals surface area contributed by atoms with E-state index in [9.17, 15) is 4.79 Å². The van der Waals surface area contributed by atoms with Crippen LogP contribution in [0.5, 0.6) is 0 Å². The summed E-state index contributed by atoms with van der Waals surface area (Å²) < 4.78 is 3.17.